The average molecular weight is 570 g/mol. The van der Waals surface area contributed by atoms with Gasteiger partial charge in [0, 0.05) is 6.42 Å². The van der Waals surface area contributed by atoms with E-state index in [1.165, 1.54) is 25.7 Å². The highest BCUT2D eigenvalue weighted by atomic mass is 31.2. The number of phosphoric ester groups is 1. The summed E-state index contributed by atoms with van der Waals surface area (Å²) in [5.41, 5.74) is 0. The minimum Gasteiger partial charge on any atom is -0.756 e. The molecule has 0 radical (unpaired) electrons. The van der Waals surface area contributed by atoms with Crippen LogP contribution in [0.3, 0.4) is 0 Å². The molecule has 0 spiro atoms. The monoisotopic (exact) mass is 569 g/mol. The zero-order valence-corrected chi connectivity index (χ0v) is 25.4. The van der Waals surface area contributed by atoms with Crippen molar-refractivity contribution in [3.8, 4) is 0 Å². The number of unbranched alkanes of at least 4 members (excludes halogenated alkanes) is 3. The number of ether oxygens (including phenoxy) is 1. The number of aliphatic hydroxyl groups is 1. The van der Waals surface area contributed by atoms with Gasteiger partial charge in [0.1, 0.15) is 25.9 Å². The molecule has 1 unspecified atom stereocenters. The fraction of sp³-hybridized carbons (Fsp3) is 0.633. The molecule has 0 fully saturated rings. The fourth-order valence-corrected chi connectivity index (χ4v) is 3.72. The Kier molecular flexibility index (Phi) is 22.9. The molecule has 8 nitrogen and oxygen atoms in total. The number of hydrogen-bond donors (Lipinski definition) is 1. The number of esters is 1. The van der Waals surface area contributed by atoms with Crippen molar-refractivity contribution >= 4 is 13.8 Å². The molecule has 1 N–H and O–H groups in total. The van der Waals surface area contributed by atoms with Crippen molar-refractivity contribution in [3.63, 3.8) is 0 Å². The Bertz CT molecular complexity index is 813. The van der Waals surface area contributed by atoms with E-state index in [4.69, 9.17) is 9.26 Å². The number of carbonyl (C=O) groups is 1. The minimum absolute atomic E-state index is 0.0225. The second kappa shape index (κ2) is 24.0. The molecule has 224 valence electrons. The molecule has 0 aromatic heterocycles. The van der Waals surface area contributed by atoms with E-state index < -0.39 is 26.5 Å². The largest absolute Gasteiger partial charge is 0.756 e. The lowest BCUT2D eigenvalue weighted by Crippen LogP contribution is -2.37. The van der Waals surface area contributed by atoms with Crippen molar-refractivity contribution < 1.29 is 37.6 Å². The molecule has 0 saturated heterocycles. The molecule has 0 bridgehead atoms. The third-order valence-electron chi connectivity index (χ3n) is 5.28. The molecule has 0 aliphatic carbocycles. The second-order valence-electron chi connectivity index (χ2n) is 10.3. The summed E-state index contributed by atoms with van der Waals surface area (Å²) in [6, 6.07) is 0. The second-order valence-corrected chi connectivity index (χ2v) is 11.7. The number of aliphatic hydroxyl groups excluding tert-OH is 1. The smallest absolute Gasteiger partial charge is 0.306 e. The predicted octanol–water partition coefficient (Wildman–Crippen LogP) is 5.80. The zero-order valence-electron chi connectivity index (χ0n) is 24.5. The third kappa shape index (κ3) is 29.0. The van der Waals surface area contributed by atoms with Crippen LogP contribution in [0.2, 0.25) is 0 Å². The minimum atomic E-state index is -4.51. The number of nitrogens with zero attached hydrogens (tertiary/aromatic N) is 1. The zero-order chi connectivity index (χ0) is 29.2. The van der Waals surface area contributed by atoms with Crippen LogP contribution in [-0.4, -0.2) is 69.2 Å². The van der Waals surface area contributed by atoms with Crippen molar-refractivity contribution in [1.29, 1.82) is 0 Å². The van der Waals surface area contributed by atoms with Crippen molar-refractivity contribution in [2.75, 3.05) is 47.5 Å². The van der Waals surface area contributed by atoms with E-state index in [1.54, 1.807) is 0 Å². The van der Waals surface area contributed by atoms with Gasteiger partial charge in [-0.2, -0.15) is 0 Å². The molecular weight excluding hydrogens is 517 g/mol. The molecule has 0 aliphatic heterocycles. The number of rotatable bonds is 24. The molecule has 0 aromatic rings. The Hall–Kier alpha value is -1.80. The summed E-state index contributed by atoms with van der Waals surface area (Å²) in [6.45, 7) is 1.80. The van der Waals surface area contributed by atoms with Gasteiger partial charge in [0.25, 0.3) is 7.82 Å². The van der Waals surface area contributed by atoms with Crippen LogP contribution in [-0.2, 0) is 23.1 Å². The van der Waals surface area contributed by atoms with Crippen molar-refractivity contribution in [2.24, 2.45) is 0 Å². The summed E-state index contributed by atoms with van der Waals surface area (Å²) >= 11 is 0. The van der Waals surface area contributed by atoms with Gasteiger partial charge in [0.2, 0.25) is 0 Å². The first-order valence-electron chi connectivity index (χ1n) is 14.0. The molecule has 0 aromatic carbocycles. The number of phosphoric acid groups is 1. The first kappa shape index (κ1) is 37.2. The SMILES string of the molecule is CCCCC/C=C\C/C=C\C/C=C\C/C=C\C/C=C\CCC(=O)OC[C@@H](O)COP(=O)([O-])OCC[N+](C)(C)C. The highest BCUT2D eigenvalue weighted by Gasteiger charge is 2.16. The van der Waals surface area contributed by atoms with Gasteiger partial charge >= 0.3 is 5.97 Å². The Balaban J connectivity index is 3.78. The summed E-state index contributed by atoms with van der Waals surface area (Å²) in [5.74, 6) is -0.471. The highest BCUT2D eigenvalue weighted by molar-refractivity contribution is 7.45. The molecule has 2 atom stereocenters. The van der Waals surface area contributed by atoms with E-state index in [-0.39, 0.29) is 19.6 Å². The van der Waals surface area contributed by atoms with Gasteiger partial charge in [0.15, 0.2) is 0 Å². The molecular formula is C30H52NO7P. The van der Waals surface area contributed by atoms with Crippen molar-refractivity contribution in [2.45, 2.75) is 77.2 Å². The molecule has 9 heteroatoms. The maximum Gasteiger partial charge on any atom is 0.306 e. The third-order valence-corrected chi connectivity index (χ3v) is 6.25. The van der Waals surface area contributed by atoms with Crippen LogP contribution in [0, 0.1) is 0 Å². The molecule has 39 heavy (non-hydrogen) atoms. The summed E-state index contributed by atoms with van der Waals surface area (Å²) in [6.07, 6.45) is 29.4. The van der Waals surface area contributed by atoms with Crippen LogP contribution in [0.1, 0.15) is 71.1 Å². The lowest BCUT2D eigenvalue weighted by molar-refractivity contribution is -0.870. The van der Waals surface area contributed by atoms with Crippen LogP contribution in [0.15, 0.2) is 60.8 Å². The molecule has 0 heterocycles. The Labute approximate surface area is 236 Å². The van der Waals surface area contributed by atoms with Gasteiger partial charge in [-0.15, -0.1) is 0 Å². The lowest BCUT2D eigenvalue weighted by Gasteiger charge is -2.27. The average Bonchev–Trinajstić information content (AvgIpc) is 2.86. The summed E-state index contributed by atoms with van der Waals surface area (Å²) < 4.78 is 26.6. The topological polar surface area (TPSA) is 105 Å². The summed E-state index contributed by atoms with van der Waals surface area (Å²) in [4.78, 5) is 23.5. The fourth-order valence-electron chi connectivity index (χ4n) is 2.98. The van der Waals surface area contributed by atoms with E-state index in [1.807, 2.05) is 33.3 Å². The van der Waals surface area contributed by atoms with Gasteiger partial charge in [-0.1, -0.05) is 80.5 Å². The summed E-state index contributed by atoms with van der Waals surface area (Å²) in [5, 5.41) is 9.80. The van der Waals surface area contributed by atoms with Crippen LogP contribution in [0.25, 0.3) is 0 Å². The number of allylic oxidation sites excluding steroid dienone is 10. The van der Waals surface area contributed by atoms with E-state index in [0.717, 1.165) is 25.7 Å². The van der Waals surface area contributed by atoms with Crippen LogP contribution >= 0.6 is 7.82 Å². The van der Waals surface area contributed by atoms with E-state index >= 15 is 0 Å². The van der Waals surface area contributed by atoms with Gasteiger partial charge in [-0.05, 0) is 44.9 Å². The highest BCUT2D eigenvalue weighted by Crippen LogP contribution is 2.38. The predicted molar refractivity (Wildman–Crippen MR) is 157 cm³/mol. The van der Waals surface area contributed by atoms with Crippen LogP contribution in [0.4, 0.5) is 0 Å². The Morgan fingerprint density at radius 3 is 1.85 bits per heavy atom. The van der Waals surface area contributed by atoms with Gasteiger partial charge in [0.05, 0.1) is 27.7 Å². The number of quaternary nitrogens is 1. The van der Waals surface area contributed by atoms with Crippen LogP contribution < -0.4 is 4.89 Å². The summed E-state index contributed by atoms with van der Waals surface area (Å²) in [7, 11) is 1.20. The van der Waals surface area contributed by atoms with Gasteiger partial charge < -0.3 is 28.3 Å². The van der Waals surface area contributed by atoms with Crippen LogP contribution in [0.5, 0.6) is 0 Å². The number of hydrogen-bond acceptors (Lipinski definition) is 7. The number of likely N-dealkylation sites (N-methyl/N-ethyl adjacent to an activating group) is 1. The van der Waals surface area contributed by atoms with Gasteiger partial charge in [-0.3, -0.25) is 9.36 Å². The normalized spacial score (nSPS) is 15.3. The maximum atomic E-state index is 11.8. The number of carbonyl (C=O) groups excluding carboxylic acids is 1. The first-order chi connectivity index (χ1) is 18.6. The Morgan fingerprint density at radius 2 is 1.33 bits per heavy atom. The van der Waals surface area contributed by atoms with Gasteiger partial charge in [-0.25, -0.2) is 0 Å². The van der Waals surface area contributed by atoms with E-state index in [2.05, 4.69) is 60.1 Å². The van der Waals surface area contributed by atoms with Crippen molar-refractivity contribution in [3.05, 3.63) is 60.8 Å². The first-order valence-corrected chi connectivity index (χ1v) is 15.5. The van der Waals surface area contributed by atoms with E-state index in [9.17, 15) is 19.4 Å². The molecule has 0 saturated carbocycles. The van der Waals surface area contributed by atoms with Crippen molar-refractivity contribution in [1.82, 2.24) is 0 Å². The van der Waals surface area contributed by atoms with E-state index in [0.29, 0.717) is 17.4 Å². The molecule has 0 rings (SSSR count). The lowest BCUT2D eigenvalue weighted by atomic mass is 10.2. The molecule has 0 aliphatic rings. The maximum absolute atomic E-state index is 11.8. The standard InChI is InChI=1S/C30H52NO7P/c1-5-6-7-8-9-10-11-12-13-14-15-16-17-18-19-20-21-22-23-24-30(33)36-27-29(32)28-38-39(34,35)37-26-25-31(2,3)4/h9-10,12-13,15-16,18-19,21-22,29,32H,5-8,11,14,17,20,23-28H2,1-4H3/b10-9-,13-12-,16-15-,19-18-,22-21-/t29-/m1/s1. The quantitative estimate of drug-likeness (QED) is 0.0515. The molecule has 0 amide bonds. The Morgan fingerprint density at radius 1 is 0.821 bits per heavy atom.